The Labute approximate surface area is 98.1 Å². The van der Waals surface area contributed by atoms with Crippen molar-refractivity contribution in [3.05, 3.63) is 12.2 Å². The van der Waals surface area contributed by atoms with E-state index in [-0.39, 0.29) is 5.92 Å². The van der Waals surface area contributed by atoms with E-state index in [1.165, 1.54) is 5.57 Å². The maximum absolute atomic E-state index is 11.4. The van der Waals surface area contributed by atoms with Crippen molar-refractivity contribution in [3.8, 4) is 0 Å². The molecule has 1 aliphatic heterocycles. The third-order valence-electron chi connectivity index (χ3n) is 3.86. The van der Waals surface area contributed by atoms with Crippen LogP contribution in [0.15, 0.2) is 12.2 Å². The van der Waals surface area contributed by atoms with Gasteiger partial charge in [0.05, 0.1) is 5.41 Å². The maximum atomic E-state index is 11.4. The normalized spacial score (nSPS) is 26.2. The first-order chi connectivity index (χ1) is 7.42. The van der Waals surface area contributed by atoms with Crippen LogP contribution in [0.1, 0.15) is 33.6 Å². The Balaban J connectivity index is 2.68. The highest BCUT2D eigenvalue weighted by Gasteiger charge is 2.46. The van der Waals surface area contributed by atoms with E-state index < -0.39 is 11.4 Å². The highest BCUT2D eigenvalue weighted by Crippen LogP contribution is 2.38. The van der Waals surface area contributed by atoms with Crippen LogP contribution in [0, 0.1) is 11.3 Å². The average molecular weight is 225 g/mol. The summed E-state index contributed by atoms with van der Waals surface area (Å²) in [5.41, 5.74) is 0.638. The molecule has 16 heavy (non-hydrogen) atoms. The molecular formula is C13H23NO2. The Morgan fingerprint density at radius 1 is 1.56 bits per heavy atom. The van der Waals surface area contributed by atoms with Crippen LogP contribution in [0.5, 0.6) is 0 Å². The molecule has 1 saturated heterocycles. The minimum absolute atomic E-state index is 0.185. The van der Waals surface area contributed by atoms with E-state index in [9.17, 15) is 9.90 Å². The fourth-order valence-corrected chi connectivity index (χ4v) is 2.37. The number of carbonyl (C=O) groups is 1. The molecular weight excluding hydrogens is 202 g/mol. The number of aliphatic carboxylic acids is 1. The summed E-state index contributed by atoms with van der Waals surface area (Å²) in [4.78, 5) is 13.6. The smallest absolute Gasteiger partial charge is 0.311 e. The molecule has 0 aromatic heterocycles. The molecule has 92 valence electrons. The monoisotopic (exact) mass is 225 g/mol. The van der Waals surface area contributed by atoms with E-state index in [4.69, 9.17) is 0 Å². The molecule has 3 heteroatoms. The van der Waals surface area contributed by atoms with Crippen LogP contribution in [0.25, 0.3) is 0 Å². The molecule has 0 bridgehead atoms. The summed E-state index contributed by atoms with van der Waals surface area (Å²) in [6, 6.07) is 0. The molecule has 1 unspecified atom stereocenters. The fourth-order valence-electron chi connectivity index (χ4n) is 2.37. The Morgan fingerprint density at radius 2 is 2.19 bits per heavy atom. The molecule has 0 aliphatic carbocycles. The van der Waals surface area contributed by atoms with Crippen LogP contribution in [0.3, 0.4) is 0 Å². The third-order valence-corrected chi connectivity index (χ3v) is 3.86. The number of hydrogen-bond donors (Lipinski definition) is 1. The quantitative estimate of drug-likeness (QED) is 0.730. The number of nitrogens with zero attached hydrogens (tertiary/aromatic N) is 1. The Bertz CT molecular complexity index is 286. The van der Waals surface area contributed by atoms with Gasteiger partial charge in [-0.2, -0.15) is 0 Å². The predicted octanol–water partition coefficient (Wildman–Crippen LogP) is 2.39. The molecule has 0 saturated carbocycles. The van der Waals surface area contributed by atoms with Gasteiger partial charge in [0.15, 0.2) is 0 Å². The van der Waals surface area contributed by atoms with Gasteiger partial charge in [-0.15, -0.1) is 0 Å². The SMILES string of the molecule is C=C(CC)CN1CCC(C(=O)O)(C(C)C)C1. The van der Waals surface area contributed by atoms with E-state index in [1.807, 2.05) is 13.8 Å². The first kappa shape index (κ1) is 13.2. The molecule has 1 atom stereocenters. The van der Waals surface area contributed by atoms with Gasteiger partial charge in [-0.1, -0.05) is 32.9 Å². The molecule has 3 nitrogen and oxygen atoms in total. The lowest BCUT2D eigenvalue weighted by Crippen LogP contribution is -2.39. The largest absolute Gasteiger partial charge is 0.481 e. The van der Waals surface area contributed by atoms with Crippen molar-refractivity contribution in [1.29, 1.82) is 0 Å². The van der Waals surface area contributed by atoms with E-state index in [0.29, 0.717) is 6.54 Å². The van der Waals surface area contributed by atoms with Crippen LogP contribution in [-0.4, -0.2) is 35.6 Å². The van der Waals surface area contributed by atoms with Gasteiger partial charge < -0.3 is 5.11 Å². The zero-order valence-corrected chi connectivity index (χ0v) is 10.6. The van der Waals surface area contributed by atoms with Gasteiger partial charge in [0.25, 0.3) is 0 Å². The van der Waals surface area contributed by atoms with Crippen molar-refractivity contribution in [1.82, 2.24) is 4.90 Å². The molecule has 0 spiro atoms. The topological polar surface area (TPSA) is 40.5 Å². The lowest BCUT2D eigenvalue weighted by Gasteiger charge is -2.29. The molecule has 0 aromatic rings. The molecule has 0 aromatic carbocycles. The summed E-state index contributed by atoms with van der Waals surface area (Å²) in [7, 11) is 0. The Morgan fingerprint density at radius 3 is 2.56 bits per heavy atom. The molecule has 1 fully saturated rings. The standard InChI is InChI=1S/C13H23NO2/c1-5-11(4)8-14-7-6-13(9-14,10(2)3)12(15)16/h10H,4-9H2,1-3H3,(H,15,16). The highest BCUT2D eigenvalue weighted by molar-refractivity contribution is 5.75. The van der Waals surface area contributed by atoms with Gasteiger partial charge in [-0.25, -0.2) is 0 Å². The van der Waals surface area contributed by atoms with Crippen molar-refractivity contribution in [3.63, 3.8) is 0 Å². The molecule has 1 aliphatic rings. The third kappa shape index (κ3) is 2.46. The summed E-state index contributed by atoms with van der Waals surface area (Å²) in [6.07, 6.45) is 1.73. The first-order valence-electron chi connectivity index (χ1n) is 6.04. The summed E-state index contributed by atoms with van der Waals surface area (Å²) >= 11 is 0. The second kappa shape index (κ2) is 5.00. The fraction of sp³-hybridized carbons (Fsp3) is 0.769. The number of carboxylic acids is 1. The molecule has 0 radical (unpaired) electrons. The summed E-state index contributed by atoms with van der Waals surface area (Å²) in [6.45, 7) is 12.5. The zero-order valence-electron chi connectivity index (χ0n) is 10.6. The molecule has 0 amide bonds. The van der Waals surface area contributed by atoms with E-state index in [2.05, 4.69) is 18.4 Å². The number of rotatable bonds is 5. The molecule has 1 heterocycles. The second-order valence-electron chi connectivity index (χ2n) is 5.18. The van der Waals surface area contributed by atoms with E-state index in [1.54, 1.807) is 0 Å². The minimum atomic E-state index is -0.646. The number of hydrogen-bond acceptors (Lipinski definition) is 2. The van der Waals surface area contributed by atoms with Gasteiger partial charge in [-0.3, -0.25) is 9.69 Å². The van der Waals surface area contributed by atoms with Crippen molar-refractivity contribution >= 4 is 5.97 Å². The number of carboxylic acid groups (broad SMARTS) is 1. The Hall–Kier alpha value is -0.830. The van der Waals surface area contributed by atoms with Crippen molar-refractivity contribution < 1.29 is 9.90 Å². The summed E-state index contributed by atoms with van der Waals surface area (Å²) < 4.78 is 0. The van der Waals surface area contributed by atoms with Crippen molar-refractivity contribution in [2.75, 3.05) is 19.6 Å². The van der Waals surface area contributed by atoms with E-state index >= 15 is 0 Å². The van der Waals surface area contributed by atoms with Gasteiger partial charge in [0, 0.05) is 13.1 Å². The minimum Gasteiger partial charge on any atom is -0.481 e. The van der Waals surface area contributed by atoms with Gasteiger partial charge >= 0.3 is 5.97 Å². The lowest BCUT2D eigenvalue weighted by molar-refractivity contribution is -0.150. The predicted molar refractivity (Wildman–Crippen MR) is 65.4 cm³/mol. The first-order valence-corrected chi connectivity index (χ1v) is 6.04. The van der Waals surface area contributed by atoms with Crippen LogP contribution < -0.4 is 0 Å². The van der Waals surface area contributed by atoms with Crippen LogP contribution in [-0.2, 0) is 4.79 Å². The Kier molecular flexibility index (Phi) is 4.14. The average Bonchev–Trinajstić information content (AvgIpc) is 2.63. The van der Waals surface area contributed by atoms with Crippen LogP contribution in [0.2, 0.25) is 0 Å². The van der Waals surface area contributed by atoms with Gasteiger partial charge in [0.1, 0.15) is 0 Å². The zero-order chi connectivity index (χ0) is 12.3. The van der Waals surface area contributed by atoms with Crippen molar-refractivity contribution in [2.45, 2.75) is 33.6 Å². The number of likely N-dealkylation sites (tertiary alicyclic amines) is 1. The van der Waals surface area contributed by atoms with Crippen LogP contribution >= 0.6 is 0 Å². The van der Waals surface area contributed by atoms with Gasteiger partial charge in [-0.05, 0) is 25.3 Å². The van der Waals surface area contributed by atoms with E-state index in [0.717, 1.165) is 25.9 Å². The second-order valence-corrected chi connectivity index (χ2v) is 5.18. The summed E-state index contributed by atoms with van der Waals surface area (Å²) in [5.74, 6) is -0.461. The maximum Gasteiger partial charge on any atom is 0.311 e. The van der Waals surface area contributed by atoms with Gasteiger partial charge in [0.2, 0.25) is 0 Å². The van der Waals surface area contributed by atoms with Crippen LogP contribution in [0.4, 0.5) is 0 Å². The molecule has 1 N–H and O–H groups in total. The summed E-state index contributed by atoms with van der Waals surface area (Å²) in [5, 5.41) is 9.39. The highest BCUT2D eigenvalue weighted by atomic mass is 16.4. The van der Waals surface area contributed by atoms with Crippen molar-refractivity contribution in [2.24, 2.45) is 11.3 Å². The lowest BCUT2D eigenvalue weighted by atomic mass is 9.76. The molecule has 1 rings (SSSR count).